The number of carbonyl (C=O) groups excluding carboxylic acids is 1. The molecule has 0 radical (unpaired) electrons. The molecule has 2 N–H and O–H groups in total. The first-order valence-corrected chi connectivity index (χ1v) is 5.67. The molecule has 0 spiro atoms. The summed E-state index contributed by atoms with van der Waals surface area (Å²) in [6.07, 6.45) is -0.413. The predicted molar refractivity (Wildman–Crippen MR) is 39.9 cm³/mol. The van der Waals surface area contributed by atoms with Crippen molar-refractivity contribution in [3.63, 3.8) is 0 Å². The van der Waals surface area contributed by atoms with Crippen molar-refractivity contribution in [2.45, 2.75) is 0 Å². The third-order valence-corrected chi connectivity index (χ3v) is 2.13. The van der Waals surface area contributed by atoms with E-state index >= 15 is 0 Å². The van der Waals surface area contributed by atoms with E-state index in [9.17, 15) is 9.36 Å². The van der Waals surface area contributed by atoms with Gasteiger partial charge in [0.2, 0.25) is 0 Å². The zero-order valence-corrected chi connectivity index (χ0v) is 7.06. The molecule has 0 saturated carbocycles. The fourth-order valence-corrected chi connectivity index (χ4v) is 0.897. The summed E-state index contributed by atoms with van der Waals surface area (Å²) in [6.45, 7) is 3.42. The van der Waals surface area contributed by atoms with Crippen molar-refractivity contribution in [2.24, 2.45) is 5.73 Å². The normalized spacial score (nSPS) is 11.0. The van der Waals surface area contributed by atoms with Crippen LogP contribution in [0.5, 0.6) is 0 Å². The summed E-state index contributed by atoms with van der Waals surface area (Å²) >= 11 is 0. The molecule has 0 aliphatic carbocycles. The Labute approximate surface area is 60.1 Å². The molecule has 0 unspecified atom stereocenters. The Hall–Kier alpha value is -0.500. The highest BCUT2D eigenvalue weighted by atomic mass is 31.2. The van der Waals surface area contributed by atoms with Crippen LogP contribution < -0.4 is 5.73 Å². The first kappa shape index (κ1) is 9.50. The molecule has 0 heterocycles. The van der Waals surface area contributed by atoms with Crippen LogP contribution in [0, 0.1) is 0 Å². The van der Waals surface area contributed by atoms with Gasteiger partial charge in [0, 0.05) is 6.16 Å². The lowest BCUT2D eigenvalue weighted by molar-refractivity contribution is 0.163. The Morgan fingerprint density at radius 2 is 2.10 bits per heavy atom. The Kier molecular flexibility index (Phi) is 3.43. The molecular weight excluding hydrogens is 153 g/mol. The second-order valence-electron chi connectivity index (χ2n) is 2.47. The topological polar surface area (TPSA) is 69.4 Å². The zero-order chi connectivity index (χ0) is 8.20. The molecule has 4 nitrogen and oxygen atoms in total. The first-order valence-electron chi connectivity index (χ1n) is 2.88. The molecule has 60 valence electrons. The van der Waals surface area contributed by atoms with Crippen LogP contribution in [0.2, 0.25) is 0 Å². The minimum atomic E-state index is -2.05. The van der Waals surface area contributed by atoms with E-state index in [1.54, 1.807) is 13.3 Å². The minimum Gasteiger partial charge on any atom is -0.449 e. The van der Waals surface area contributed by atoms with Gasteiger partial charge in [-0.25, -0.2) is 4.79 Å². The summed E-state index contributed by atoms with van der Waals surface area (Å²) in [4.78, 5) is 10.00. The van der Waals surface area contributed by atoms with Gasteiger partial charge in [-0.1, -0.05) is 0 Å². The maximum absolute atomic E-state index is 11.0. The third-order valence-electron chi connectivity index (χ3n) is 0.874. The fourth-order valence-electron chi connectivity index (χ4n) is 0.366. The van der Waals surface area contributed by atoms with Crippen molar-refractivity contribution in [2.75, 3.05) is 26.1 Å². The number of hydrogen-bond acceptors (Lipinski definition) is 3. The highest BCUT2D eigenvalue weighted by Gasteiger charge is 2.06. The quantitative estimate of drug-likeness (QED) is 0.626. The van der Waals surface area contributed by atoms with Crippen molar-refractivity contribution in [1.82, 2.24) is 0 Å². The average molecular weight is 165 g/mol. The van der Waals surface area contributed by atoms with Crippen molar-refractivity contribution >= 4 is 13.2 Å². The van der Waals surface area contributed by atoms with Gasteiger partial charge in [-0.05, 0) is 13.3 Å². The fraction of sp³-hybridized carbons (Fsp3) is 0.800. The standard InChI is InChI=1S/C5H12NO3P/c1-10(2,8)4-3-9-5(6)7/h3-4H2,1-2H3,(H2,6,7). The largest absolute Gasteiger partial charge is 0.449 e. The van der Waals surface area contributed by atoms with Crippen molar-refractivity contribution in [3.05, 3.63) is 0 Å². The van der Waals surface area contributed by atoms with Crippen LogP contribution in [0.3, 0.4) is 0 Å². The van der Waals surface area contributed by atoms with Crippen LogP contribution in [-0.4, -0.2) is 32.2 Å². The maximum atomic E-state index is 11.0. The number of rotatable bonds is 3. The van der Waals surface area contributed by atoms with E-state index in [1.165, 1.54) is 0 Å². The number of ether oxygens (including phenoxy) is 1. The Bertz CT molecular complexity index is 162. The molecule has 0 rings (SSSR count). The van der Waals surface area contributed by atoms with Gasteiger partial charge >= 0.3 is 6.09 Å². The van der Waals surface area contributed by atoms with Crippen LogP contribution in [0.1, 0.15) is 0 Å². The van der Waals surface area contributed by atoms with Gasteiger partial charge in [0.25, 0.3) is 0 Å². The van der Waals surface area contributed by atoms with Gasteiger partial charge in [-0.15, -0.1) is 0 Å². The molecule has 0 bridgehead atoms. The summed E-state index contributed by atoms with van der Waals surface area (Å²) in [5.74, 6) is 0. The summed E-state index contributed by atoms with van der Waals surface area (Å²) in [6, 6.07) is 0. The second kappa shape index (κ2) is 3.62. The summed E-state index contributed by atoms with van der Waals surface area (Å²) in [5.41, 5.74) is 4.67. The van der Waals surface area contributed by atoms with Crippen LogP contribution in [0.4, 0.5) is 4.79 Å². The molecule has 0 aromatic rings. The van der Waals surface area contributed by atoms with Crippen LogP contribution in [0.25, 0.3) is 0 Å². The summed E-state index contributed by atoms with van der Waals surface area (Å²) < 4.78 is 15.3. The van der Waals surface area contributed by atoms with E-state index in [1.807, 2.05) is 0 Å². The number of hydrogen-bond donors (Lipinski definition) is 1. The Morgan fingerprint density at radius 1 is 1.60 bits per heavy atom. The van der Waals surface area contributed by atoms with Crippen molar-refractivity contribution in [1.29, 1.82) is 0 Å². The lowest BCUT2D eigenvalue weighted by atomic mass is 10.8. The number of carbonyl (C=O) groups is 1. The molecule has 10 heavy (non-hydrogen) atoms. The smallest absolute Gasteiger partial charge is 0.404 e. The van der Waals surface area contributed by atoms with Crippen LogP contribution in [-0.2, 0) is 9.30 Å². The predicted octanol–water partition coefficient (Wildman–Crippen LogP) is 0.704. The SMILES string of the molecule is CP(C)(=O)CCOC(N)=O. The van der Waals surface area contributed by atoms with Gasteiger partial charge in [0.15, 0.2) is 0 Å². The van der Waals surface area contributed by atoms with Gasteiger partial charge < -0.3 is 15.0 Å². The average Bonchev–Trinajstić information content (AvgIpc) is 1.59. The molecule has 0 fully saturated rings. The lowest BCUT2D eigenvalue weighted by Gasteiger charge is -2.04. The molecule has 0 atom stereocenters. The second-order valence-corrected chi connectivity index (χ2v) is 6.06. The molecule has 0 saturated heterocycles. The highest BCUT2D eigenvalue weighted by Crippen LogP contribution is 2.34. The molecular formula is C5H12NO3P. The number of amides is 1. The molecule has 0 aromatic carbocycles. The Morgan fingerprint density at radius 3 is 2.40 bits per heavy atom. The van der Waals surface area contributed by atoms with E-state index < -0.39 is 13.2 Å². The van der Waals surface area contributed by atoms with Crippen molar-refractivity contribution in [3.8, 4) is 0 Å². The van der Waals surface area contributed by atoms with Gasteiger partial charge in [-0.3, -0.25) is 0 Å². The molecule has 0 aromatic heterocycles. The maximum Gasteiger partial charge on any atom is 0.404 e. The number of nitrogens with two attached hydrogens (primary N) is 1. The highest BCUT2D eigenvalue weighted by molar-refractivity contribution is 7.62. The van der Waals surface area contributed by atoms with E-state index in [0.29, 0.717) is 6.16 Å². The van der Waals surface area contributed by atoms with Crippen LogP contribution >= 0.6 is 7.14 Å². The molecule has 0 aliphatic rings. The van der Waals surface area contributed by atoms with E-state index in [4.69, 9.17) is 0 Å². The monoisotopic (exact) mass is 165 g/mol. The summed E-state index contributed by atoms with van der Waals surface area (Å²) in [5, 5.41) is 0. The van der Waals surface area contributed by atoms with Gasteiger partial charge in [0.1, 0.15) is 0 Å². The van der Waals surface area contributed by atoms with Gasteiger partial charge in [-0.2, -0.15) is 0 Å². The summed E-state index contributed by atoms with van der Waals surface area (Å²) in [7, 11) is -2.05. The Balaban J connectivity index is 3.39. The van der Waals surface area contributed by atoms with Gasteiger partial charge in [0.05, 0.1) is 13.7 Å². The van der Waals surface area contributed by atoms with Crippen LogP contribution in [0.15, 0.2) is 0 Å². The van der Waals surface area contributed by atoms with E-state index in [2.05, 4.69) is 10.5 Å². The minimum absolute atomic E-state index is 0.152. The van der Waals surface area contributed by atoms with E-state index in [-0.39, 0.29) is 6.61 Å². The first-order chi connectivity index (χ1) is 4.42. The van der Waals surface area contributed by atoms with E-state index in [0.717, 1.165) is 0 Å². The molecule has 0 aliphatic heterocycles. The molecule has 5 heteroatoms. The lowest BCUT2D eigenvalue weighted by Crippen LogP contribution is -2.15. The van der Waals surface area contributed by atoms with Crippen molar-refractivity contribution < 1.29 is 14.1 Å². The molecule has 1 amide bonds. The zero-order valence-electron chi connectivity index (χ0n) is 6.16. The number of primary amides is 1. The third kappa shape index (κ3) is 7.50.